The van der Waals surface area contributed by atoms with Gasteiger partial charge in [0.2, 0.25) is 76.8 Å². The summed E-state index contributed by atoms with van der Waals surface area (Å²) in [6, 6.07) is -12.0. The number of likely N-dealkylation sites (N-methyl/N-ethyl adjacent to an activating group) is 7. The molecule has 3 aliphatic heterocycles. The lowest BCUT2D eigenvalue weighted by Crippen LogP contribution is -2.68. The van der Waals surface area contributed by atoms with E-state index in [1.165, 1.54) is 85.2 Å². The quantitative estimate of drug-likeness (QED) is 0.149. The fourth-order valence-electron chi connectivity index (χ4n) is 17.1. The molecule has 12 atom stereocenters. The Labute approximate surface area is 645 Å². The Morgan fingerprint density at radius 3 is 1.80 bits per heavy atom. The lowest BCUT2D eigenvalue weighted by molar-refractivity contribution is -0.219. The van der Waals surface area contributed by atoms with Crippen molar-refractivity contribution in [2.75, 3.05) is 103 Å². The van der Waals surface area contributed by atoms with Crippen LogP contribution in [0.25, 0.3) is 0 Å². The number of ether oxygens (including phenoxy) is 1. The van der Waals surface area contributed by atoms with Crippen LogP contribution in [-0.2, 0) is 67.1 Å². The van der Waals surface area contributed by atoms with Crippen LogP contribution in [0.2, 0.25) is 0 Å². The van der Waals surface area contributed by atoms with E-state index in [4.69, 9.17) is 4.74 Å². The van der Waals surface area contributed by atoms with Gasteiger partial charge in [0.25, 0.3) is 0 Å². The summed E-state index contributed by atoms with van der Waals surface area (Å²) in [7, 11) is 13.5. The van der Waals surface area contributed by atoms with Crippen LogP contribution in [0, 0.1) is 35.5 Å². The van der Waals surface area contributed by atoms with Gasteiger partial charge in [-0.05, 0) is 140 Å². The number of carbonyl (C=O) groups is 13. The zero-order chi connectivity index (χ0) is 82.6. The number of halogens is 8. The molecule has 35 heteroatoms. The first-order chi connectivity index (χ1) is 52.0. The monoisotopic (exact) mass is 1590 g/mol. The van der Waals surface area contributed by atoms with E-state index in [1.807, 2.05) is 0 Å². The normalized spacial score (nSPS) is 31.3. The van der Waals surface area contributed by atoms with Crippen LogP contribution in [0.15, 0.2) is 12.2 Å². The lowest BCUT2D eigenvalue weighted by atomic mass is 9.74. The minimum absolute atomic E-state index is 0.0205. The zero-order valence-corrected chi connectivity index (χ0v) is 66.5. The van der Waals surface area contributed by atoms with Gasteiger partial charge < -0.3 is 69.7 Å². The van der Waals surface area contributed by atoms with E-state index in [-0.39, 0.29) is 110 Å². The van der Waals surface area contributed by atoms with Crippen molar-refractivity contribution in [3.05, 3.63) is 12.2 Å². The molecule has 0 aromatic heterocycles. The number of carbonyl (C=O) groups excluding carboxylic acids is 13. The van der Waals surface area contributed by atoms with E-state index in [0.717, 1.165) is 34.3 Å². The van der Waals surface area contributed by atoms with Crippen LogP contribution < -0.4 is 16.0 Å². The third kappa shape index (κ3) is 22.2. The molecule has 626 valence electrons. The van der Waals surface area contributed by atoms with E-state index in [2.05, 4.69) is 16.0 Å². The second-order valence-electron chi connectivity index (χ2n) is 32.4. The molecule has 2 unspecified atom stereocenters. The first-order valence-corrected chi connectivity index (χ1v) is 39.2. The maximum Gasteiger partial charge on any atom is 0.397 e. The number of fused-ring (bicyclic) bond motifs is 3. The van der Waals surface area contributed by atoms with Crippen molar-refractivity contribution < 1.29 is 102 Å². The minimum Gasteiger partial charge on any atom is -0.377 e. The molecule has 13 amide bonds. The third-order valence-electron chi connectivity index (χ3n) is 24.3. The molecule has 6 fully saturated rings. The van der Waals surface area contributed by atoms with Gasteiger partial charge in [-0.2, -0.15) is 26.3 Å². The van der Waals surface area contributed by atoms with Crippen molar-refractivity contribution in [2.24, 2.45) is 35.5 Å². The molecule has 0 radical (unpaired) electrons. The largest absolute Gasteiger partial charge is 0.397 e. The number of nitrogens with zero attached hydrogens (tertiary/aromatic N) is 10. The van der Waals surface area contributed by atoms with Gasteiger partial charge in [0.15, 0.2) is 0 Å². The molecular formula is C76H117F8N13O14. The van der Waals surface area contributed by atoms with Crippen LogP contribution in [-0.4, -0.2) is 314 Å². The Morgan fingerprint density at radius 2 is 1.24 bits per heavy atom. The molecule has 1 spiro atoms. The number of hydrogen-bond donors (Lipinski definition) is 3. The Morgan fingerprint density at radius 1 is 0.622 bits per heavy atom. The lowest BCUT2D eigenvalue weighted by Gasteiger charge is -2.46. The van der Waals surface area contributed by atoms with Crippen LogP contribution >= 0.6 is 0 Å². The van der Waals surface area contributed by atoms with Crippen molar-refractivity contribution in [3.63, 3.8) is 0 Å². The van der Waals surface area contributed by atoms with Gasteiger partial charge in [-0.1, -0.05) is 45.3 Å². The molecule has 7 aliphatic rings. The fourth-order valence-corrected chi connectivity index (χ4v) is 17.1. The second kappa shape index (κ2) is 38.9. The Kier molecular flexibility index (Phi) is 31.7. The second-order valence-corrected chi connectivity index (χ2v) is 32.4. The Bertz CT molecular complexity index is 3360. The van der Waals surface area contributed by atoms with Crippen molar-refractivity contribution >= 4 is 76.8 Å². The summed E-state index contributed by atoms with van der Waals surface area (Å²) in [5.41, 5.74) is -1.72. The molecule has 2 bridgehead atoms. The van der Waals surface area contributed by atoms with Gasteiger partial charge in [0.1, 0.15) is 72.1 Å². The summed E-state index contributed by atoms with van der Waals surface area (Å²) in [6.07, 6.45) is -14.5. The maximum absolute atomic E-state index is 15.6. The zero-order valence-electron chi connectivity index (χ0n) is 66.5. The summed E-state index contributed by atoms with van der Waals surface area (Å²) in [5, 5.41) is 8.31. The van der Waals surface area contributed by atoms with Crippen molar-refractivity contribution in [2.45, 2.75) is 253 Å². The molecule has 3 heterocycles. The number of nitrogens with one attached hydrogen (secondary N) is 3. The van der Waals surface area contributed by atoms with Crippen LogP contribution in [0.4, 0.5) is 35.1 Å². The van der Waals surface area contributed by atoms with Crippen LogP contribution in [0.5, 0.6) is 0 Å². The molecule has 2 saturated heterocycles. The van der Waals surface area contributed by atoms with Crippen molar-refractivity contribution in [1.29, 1.82) is 0 Å². The molecule has 4 aliphatic carbocycles. The average molecular weight is 1590 g/mol. The predicted molar refractivity (Wildman–Crippen MR) is 390 cm³/mol. The summed E-state index contributed by atoms with van der Waals surface area (Å²) in [4.78, 5) is 206. The molecule has 27 nitrogen and oxygen atoms in total. The van der Waals surface area contributed by atoms with E-state index in [0.29, 0.717) is 32.1 Å². The Balaban J connectivity index is 1.34. The van der Waals surface area contributed by atoms with Crippen LogP contribution in [0.3, 0.4) is 0 Å². The predicted octanol–water partition coefficient (Wildman–Crippen LogP) is 5.17. The molecule has 4 saturated carbocycles. The highest BCUT2D eigenvalue weighted by Crippen LogP contribution is 2.46. The number of alkyl halides is 8. The molecule has 111 heavy (non-hydrogen) atoms. The fraction of sp³-hybridized carbons (Fsp3) is 0.803. The van der Waals surface area contributed by atoms with Crippen molar-refractivity contribution in [3.8, 4) is 0 Å². The number of amides is 13. The number of rotatable bonds is 14. The topological polar surface area (TPSA) is 300 Å². The molecule has 7 rings (SSSR count). The van der Waals surface area contributed by atoms with Gasteiger partial charge >= 0.3 is 12.4 Å². The first kappa shape index (κ1) is 90.4. The summed E-state index contributed by atoms with van der Waals surface area (Å²) in [6.45, 7) is 3.02. The van der Waals surface area contributed by atoms with E-state index in [1.54, 1.807) is 32.9 Å². The standard InChI is InChI=1S/C76H117F8N13O14/c1-14-44(3)63-71(108)91(9)43-61(101)93(11)54-24-17-16-20-35-96(70(54)107)57(38-45-25-28-48(29-26-45)75(79,80)81)69(106)90(8)42-58(98)85-52(30-27-46-36-50(77)62(51(78)37-46)76(82,83)84)67(104)97-41-49(111-15-2)39-55(97)66(103)87-74(33-21-34-74)73(110)95(13)64(47-22-18-19-23-47)72(109)94(12)56(68(105)89(6)7)40-60(100)92(10)53(65(102)86-63)31-32-59(99)88(4)5/h16-17,44-57,62-64H,14-15,18-43H2,1-13H3,(H,85,98)(H,86,102)(H,87,103)/b17-16-/t44-,45?,46?,48?,49+,50?,51?,52-,53-,54-,55-,56-,57-,62?,63-,64-/m0/s1. The Hall–Kier alpha value is -7.75. The van der Waals surface area contributed by atoms with Crippen molar-refractivity contribution in [1.82, 2.24) is 64.9 Å². The summed E-state index contributed by atoms with van der Waals surface area (Å²) >= 11 is 0. The summed E-state index contributed by atoms with van der Waals surface area (Å²) < 4.78 is 121. The van der Waals surface area contributed by atoms with E-state index < -0.39 is 236 Å². The smallest absolute Gasteiger partial charge is 0.377 e. The van der Waals surface area contributed by atoms with E-state index >= 15 is 47.1 Å². The van der Waals surface area contributed by atoms with Crippen LogP contribution in [0.1, 0.15) is 168 Å². The van der Waals surface area contributed by atoms with Gasteiger partial charge in [-0.25, -0.2) is 8.78 Å². The molecule has 0 aromatic carbocycles. The first-order valence-electron chi connectivity index (χ1n) is 39.2. The third-order valence-corrected chi connectivity index (χ3v) is 24.3. The highest BCUT2D eigenvalue weighted by atomic mass is 19.4. The van der Waals surface area contributed by atoms with Gasteiger partial charge in [0, 0.05) is 103 Å². The minimum atomic E-state index is -5.23. The van der Waals surface area contributed by atoms with E-state index in [9.17, 15) is 50.3 Å². The highest BCUT2D eigenvalue weighted by molar-refractivity contribution is 6.01. The maximum atomic E-state index is 15.6. The van der Waals surface area contributed by atoms with Gasteiger partial charge in [-0.3, -0.25) is 62.3 Å². The van der Waals surface area contributed by atoms with Gasteiger partial charge in [0.05, 0.1) is 31.5 Å². The SMILES string of the molecule is CCO[C@@H]1C[C@H]2C(=O)NC3(CCC3)C(=O)N(C)[C@@H](C3CCCC3)C(=O)N(C)[C@H](C(=O)N(C)C)CC(=O)N(C)[C@@H](CCC(=O)N(C)C)C(=O)N[C@@H]([C@@H](C)CC)C(=O)N(C)CC(=O)N(C)[C@H]3C/C=C\CCN(C3=O)[C@@H](CC3CCC(C(F)(F)F)CC3)C(=O)N(C)CC(=O)N[C@@H](CCC3CC(F)C(C(F)(F)F)C(F)C3)C(=O)N2C1. The molecule has 0 aromatic rings. The molecular weight excluding hydrogens is 1470 g/mol. The summed E-state index contributed by atoms with van der Waals surface area (Å²) in [5.74, 6) is -18.0. The highest BCUT2D eigenvalue weighted by Gasteiger charge is 2.56. The average Bonchev–Trinajstić information content (AvgIpc) is 1.62. The number of hydrogen-bond acceptors (Lipinski definition) is 14. The van der Waals surface area contributed by atoms with Gasteiger partial charge in [-0.15, -0.1) is 0 Å². The molecule has 3 N–H and O–H groups in total.